The Labute approximate surface area is 263 Å². The van der Waals surface area contributed by atoms with Crippen LogP contribution in [0.15, 0.2) is 30.5 Å². The van der Waals surface area contributed by atoms with Crippen LogP contribution in [0.5, 0.6) is 11.8 Å². The van der Waals surface area contributed by atoms with Gasteiger partial charge in [0.15, 0.2) is 5.82 Å². The second kappa shape index (κ2) is 11.9. The highest BCUT2D eigenvalue weighted by molar-refractivity contribution is 6.03. The van der Waals surface area contributed by atoms with E-state index in [0.29, 0.717) is 55.9 Å². The van der Waals surface area contributed by atoms with E-state index in [1.165, 1.54) is 30.5 Å². The molecule has 9 nitrogen and oxygen atoms in total. The molecule has 3 aliphatic heterocycles. The molecule has 3 aliphatic rings. The van der Waals surface area contributed by atoms with Crippen molar-refractivity contribution in [1.29, 1.82) is 0 Å². The van der Waals surface area contributed by atoms with Crippen LogP contribution in [0.25, 0.3) is 37.8 Å². The van der Waals surface area contributed by atoms with Gasteiger partial charge < -0.3 is 24.3 Å². The molecule has 3 atom stereocenters. The van der Waals surface area contributed by atoms with Crippen molar-refractivity contribution in [2.24, 2.45) is 5.92 Å². The molecular weight excluding hydrogens is 597 g/mol. The first-order valence-corrected chi connectivity index (χ1v) is 15.3. The lowest BCUT2D eigenvalue weighted by atomic mass is 9.95. The molecule has 1 N–H and O–H groups in total. The van der Waals surface area contributed by atoms with Crippen molar-refractivity contribution in [3.8, 4) is 35.4 Å². The maximum atomic E-state index is 16.8. The summed E-state index contributed by atoms with van der Waals surface area (Å²) >= 11 is 0. The first-order chi connectivity index (χ1) is 22.3. The van der Waals surface area contributed by atoms with Gasteiger partial charge in [-0.1, -0.05) is 12.0 Å². The van der Waals surface area contributed by atoms with E-state index in [-0.39, 0.29) is 58.6 Å². The number of halogens is 3. The Morgan fingerprint density at radius 2 is 2.09 bits per heavy atom. The summed E-state index contributed by atoms with van der Waals surface area (Å²) in [6, 6.07) is 5.28. The number of phenols is 1. The molecule has 12 heteroatoms. The van der Waals surface area contributed by atoms with E-state index >= 15 is 4.39 Å². The van der Waals surface area contributed by atoms with Crippen LogP contribution in [0.2, 0.25) is 0 Å². The molecule has 236 valence electrons. The Hall–Kier alpha value is -4.65. The van der Waals surface area contributed by atoms with Gasteiger partial charge in [0.05, 0.1) is 35.6 Å². The number of fused-ring (bicyclic) bond motifs is 3. The minimum absolute atomic E-state index is 0.0786. The van der Waals surface area contributed by atoms with Gasteiger partial charge in [0.1, 0.15) is 41.4 Å². The fourth-order valence-corrected chi connectivity index (χ4v) is 7.23. The summed E-state index contributed by atoms with van der Waals surface area (Å²) in [5, 5.41) is 11.5. The van der Waals surface area contributed by atoms with Crippen LogP contribution in [-0.4, -0.2) is 89.2 Å². The first-order valence-electron chi connectivity index (χ1n) is 15.3. The van der Waals surface area contributed by atoms with Gasteiger partial charge in [0.25, 0.3) is 0 Å². The quantitative estimate of drug-likeness (QED) is 0.232. The predicted molar refractivity (Wildman–Crippen MR) is 166 cm³/mol. The highest BCUT2D eigenvalue weighted by Gasteiger charge is 2.49. The number of benzene rings is 2. The van der Waals surface area contributed by atoms with Crippen molar-refractivity contribution >= 4 is 27.5 Å². The Bertz CT molecular complexity index is 1930. The van der Waals surface area contributed by atoms with Crippen LogP contribution in [0, 0.1) is 36.5 Å². The SMILES string of the molecule is [C-]#[N+]C[C@H]1COCCN(c2nc(OCC34CCCN3C[C@H](F)C4)nc3c(F)c(-c4cc(O)cc5ccc(F)c(C#C)c45)ncc23)C1. The molecule has 2 aromatic carbocycles. The summed E-state index contributed by atoms with van der Waals surface area (Å²) in [6.45, 7) is 10.5. The molecule has 3 saturated heterocycles. The number of nitrogens with zero attached hydrogens (tertiary/aromatic N) is 6. The Morgan fingerprint density at radius 3 is 2.91 bits per heavy atom. The van der Waals surface area contributed by atoms with Gasteiger partial charge in [-0.25, -0.2) is 19.7 Å². The third kappa shape index (κ3) is 5.21. The van der Waals surface area contributed by atoms with Gasteiger partial charge in [-0.05, 0) is 43.0 Å². The van der Waals surface area contributed by atoms with Crippen LogP contribution in [-0.2, 0) is 4.74 Å². The van der Waals surface area contributed by atoms with Crippen molar-refractivity contribution < 1.29 is 27.8 Å². The molecule has 0 bridgehead atoms. The van der Waals surface area contributed by atoms with Gasteiger partial charge in [-0.15, -0.1) is 6.42 Å². The summed E-state index contributed by atoms with van der Waals surface area (Å²) in [5.41, 5.74) is -0.743. The van der Waals surface area contributed by atoms with E-state index < -0.39 is 23.3 Å². The number of alkyl halides is 1. The zero-order valence-electron chi connectivity index (χ0n) is 25.0. The van der Waals surface area contributed by atoms with Crippen LogP contribution < -0.4 is 9.64 Å². The van der Waals surface area contributed by atoms with Gasteiger partial charge >= 0.3 is 6.01 Å². The lowest BCUT2D eigenvalue weighted by molar-refractivity contribution is 0.107. The summed E-state index contributed by atoms with van der Waals surface area (Å²) < 4.78 is 58.0. The van der Waals surface area contributed by atoms with Crippen LogP contribution >= 0.6 is 0 Å². The molecular formula is C34H31F3N6O3. The van der Waals surface area contributed by atoms with Crippen LogP contribution in [0.4, 0.5) is 19.0 Å². The molecule has 2 aromatic heterocycles. The number of anilines is 1. The van der Waals surface area contributed by atoms with Crippen LogP contribution in [0.1, 0.15) is 24.8 Å². The maximum absolute atomic E-state index is 16.8. The average Bonchev–Trinajstić information content (AvgIpc) is 3.46. The largest absolute Gasteiger partial charge is 0.508 e. The minimum atomic E-state index is -0.950. The highest BCUT2D eigenvalue weighted by Crippen LogP contribution is 2.42. The van der Waals surface area contributed by atoms with Crippen molar-refractivity contribution in [2.75, 3.05) is 57.4 Å². The lowest BCUT2D eigenvalue weighted by Gasteiger charge is -2.31. The molecule has 0 aliphatic carbocycles. The molecule has 46 heavy (non-hydrogen) atoms. The number of aromatic nitrogens is 3. The monoisotopic (exact) mass is 628 g/mol. The average molecular weight is 629 g/mol. The summed E-state index contributed by atoms with van der Waals surface area (Å²) in [7, 11) is 0. The second-order valence-corrected chi connectivity index (χ2v) is 12.3. The maximum Gasteiger partial charge on any atom is 0.319 e. The van der Waals surface area contributed by atoms with E-state index in [9.17, 15) is 13.9 Å². The number of rotatable bonds is 6. The smallest absolute Gasteiger partial charge is 0.319 e. The third-order valence-electron chi connectivity index (χ3n) is 9.31. The molecule has 7 rings (SSSR count). The Morgan fingerprint density at radius 1 is 1.22 bits per heavy atom. The number of aromatic hydroxyl groups is 1. The number of phenolic OH excluding ortho intramolecular Hbond substituents is 1. The molecule has 0 saturated carbocycles. The van der Waals surface area contributed by atoms with Crippen molar-refractivity contribution in [3.05, 3.63) is 59.1 Å². The van der Waals surface area contributed by atoms with E-state index in [1.54, 1.807) is 0 Å². The first kappa shape index (κ1) is 30.0. The van der Waals surface area contributed by atoms with Crippen molar-refractivity contribution in [3.63, 3.8) is 0 Å². The Balaban J connectivity index is 1.38. The normalized spacial score (nSPS) is 23.3. The topological polar surface area (TPSA) is 88.2 Å². The number of hydrogen-bond acceptors (Lipinski definition) is 8. The fraction of sp³-hybridized carbons (Fsp3) is 0.412. The lowest BCUT2D eigenvalue weighted by Crippen LogP contribution is -2.43. The predicted octanol–water partition coefficient (Wildman–Crippen LogP) is 5.14. The number of ether oxygens (including phenoxy) is 2. The number of pyridine rings is 1. The zero-order chi connectivity index (χ0) is 32.0. The molecule has 0 spiro atoms. The molecule has 0 amide bonds. The number of terminal acetylenes is 1. The standard InChI is InChI=1S/C34H31F3N6O3/c1-3-24-27(36)6-5-21-11-23(44)12-25(28(21)24)30-29(37)31-26(15-39-30)32(42-9-10-45-18-20(16-42)14-38-2)41-33(40-31)46-19-34-7-4-8-43(34)17-22(35)13-34/h1,5-6,11-12,15,20,22,44H,4,7-10,13-14,16-19H2/t20-,22-,34?/m1/s1. The number of hydrogen-bond donors (Lipinski definition) is 1. The fourth-order valence-electron chi connectivity index (χ4n) is 7.23. The third-order valence-corrected chi connectivity index (χ3v) is 9.31. The summed E-state index contributed by atoms with van der Waals surface area (Å²) in [4.78, 5) is 21.2. The summed E-state index contributed by atoms with van der Waals surface area (Å²) in [6.07, 6.45) is 8.20. The second-order valence-electron chi connectivity index (χ2n) is 12.3. The van der Waals surface area contributed by atoms with Crippen molar-refractivity contribution in [1.82, 2.24) is 19.9 Å². The van der Waals surface area contributed by atoms with Gasteiger partial charge in [0, 0.05) is 43.2 Å². The van der Waals surface area contributed by atoms with E-state index in [0.717, 1.165) is 19.4 Å². The van der Waals surface area contributed by atoms with Gasteiger partial charge in [-0.3, -0.25) is 9.88 Å². The van der Waals surface area contributed by atoms with Gasteiger partial charge in [0.2, 0.25) is 6.54 Å². The molecule has 4 aromatic rings. The van der Waals surface area contributed by atoms with Crippen LogP contribution in [0.3, 0.4) is 0 Å². The van der Waals surface area contributed by atoms with Gasteiger partial charge in [-0.2, -0.15) is 9.97 Å². The molecule has 0 radical (unpaired) electrons. The molecule has 5 heterocycles. The zero-order valence-corrected chi connectivity index (χ0v) is 25.0. The van der Waals surface area contributed by atoms with E-state index in [1.807, 2.05) is 4.90 Å². The highest BCUT2D eigenvalue weighted by atomic mass is 19.1. The minimum Gasteiger partial charge on any atom is -0.508 e. The Kier molecular flexibility index (Phi) is 7.79. The van der Waals surface area contributed by atoms with E-state index in [2.05, 4.69) is 25.6 Å². The van der Waals surface area contributed by atoms with Crippen molar-refractivity contribution in [2.45, 2.75) is 31.0 Å². The molecule has 1 unspecified atom stereocenters. The summed E-state index contributed by atoms with van der Waals surface area (Å²) in [5.74, 6) is 0.936. The molecule has 3 fully saturated rings. The van der Waals surface area contributed by atoms with E-state index in [4.69, 9.17) is 27.5 Å².